The van der Waals surface area contributed by atoms with Gasteiger partial charge >= 0.3 is 11.9 Å². The highest BCUT2D eigenvalue weighted by Gasteiger charge is 2.21. The van der Waals surface area contributed by atoms with E-state index in [2.05, 4.69) is 15.0 Å². The largest absolute Gasteiger partial charge is 0.478 e. The van der Waals surface area contributed by atoms with Crippen molar-refractivity contribution in [2.75, 3.05) is 18.4 Å². The molecule has 1 atom stereocenters. The molecule has 10 nitrogen and oxygen atoms in total. The van der Waals surface area contributed by atoms with Crippen LogP contribution in [0.2, 0.25) is 5.88 Å². The zero-order valence-electron chi connectivity index (χ0n) is 27.3. The monoisotopic (exact) mass is 528 g/mol. The predicted molar refractivity (Wildman–Crippen MR) is 128 cm³/mol. The van der Waals surface area contributed by atoms with Crippen LogP contribution in [0, 0.1) is 17.1 Å². The van der Waals surface area contributed by atoms with Crippen LogP contribution >= 0.6 is 22.9 Å². The second-order valence-corrected chi connectivity index (χ2v) is 7.84. The van der Waals surface area contributed by atoms with E-state index in [9.17, 15) is 19.2 Å². The molecule has 182 valence electrons. The van der Waals surface area contributed by atoms with E-state index in [0.717, 1.165) is 17.7 Å². The number of hydrogen-bond donors (Lipinski definition) is 3. The number of carboxylic acid groups (broad SMARTS) is 2. The maximum absolute atomic E-state index is 14.1. The Balaban J connectivity index is 0.000000610. The number of rotatable bonds is 6. The van der Waals surface area contributed by atoms with Crippen molar-refractivity contribution >= 4 is 51.0 Å². The lowest BCUT2D eigenvalue weighted by Gasteiger charge is -2.32. The van der Waals surface area contributed by atoms with E-state index in [1.54, 1.807) is 0 Å². The number of nitrogens with one attached hydrogen (secondary N) is 1. The number of nitrogens with zero attached hydrogens (tertiary/aromatic N) is 5. The molecule has 1 aromatic carbocycles. The lowest BCUT2D eigenvalue weighted by atomic mass is 10.0. The Labute approximate surface area is 222 Å². The van der Waals surface area contributed by atoms with Gasteiger partial charge in [-0.15, -0.1) is 0 Å². The lowest BCUT2D eigenvalue weighted by molar-refractivity contribution is -0.134. The first-order chi connectivity index (χ1) is 20.6. The number of halogens is 2. The standard InChI is InChI=1S/C18H16ClFN6S.C4H4O4/c19-18-25-17-15(27-18)16(22-10-23-17)24-13-3-5-26(6-4-13)9-11-1-2-14(20)12(7-11)8-21;5-3(6)1-2-4(7)8/h1-2,7,10,13H,3-6,9H2,(H,22,23,24);1-2H,(H,5,6)(H,7,8)/b;2-1-/i2D,3D2,5D2,7D,9D2,13D;/hD. The van der Waals surface area contributed by atoms with Crippen molar-refractivity contribution in [2.45, 2.75) is 25.3 Å². The van der Waals surface area contributed by atoms with Gasteiger partial charge in [0.25, 0.3) is 0 Å². The van der Waals surface area contributed by atoms with Gasteiger partial charge in [0.15, 0.2) is 11.5 Å². The van der Waals surface area contributed by atoms with Gasteiger partial charge in [-0.05, 0) is 30.4 Å². The van der Waals surface area contributed by atoms with Crippen molar-refractivity contribution in [3.8, 4) is 6.07 Å². The molecule has 1 aliphatic rings. The average molecular weight is 529 g/mol. The Hall–Kier alpha value is -3.66. The van der Waals surface area contributed by atoms with Crippen molar-refractivity contribution in [1.82, 2.24) is 19.9 Å². The summed E-state index contributed by atoms with van der Waals surface area (Å²) in [4.78, 5) is 31.3. The number of piperidine rings is 1. The second-order valence-electron chi connectivity index (χ2n) is 6.26. The molecule has 0 spiro atoms. The van der Waals surface area contributed by atoms with Gasteiger partial charge in [0.05, 0.1) is 9.68 Å². The van der Waals surface area contributed by atoms with Gasteiger partial charge in [-0.1, -0.05) is 29.0 Å². The number of carbonyl (C=O) groups is 2. The molecule has 13 heteroatoms. The smallest absolute Gasteiger partial charge is 0.328 e. The summed E-state index contributed by atoms with van der Waals surface area (Å²) in [6.45, 7) is -6.93. The molecular formula is C22H20ClFN6O4S. The van der Waals surface area contributed by atoms with E-state index in [-0.39, 0.29) is 20.6 Å². The fraction of sp³-hybridized carbons (Fsp3) is 0.273. The zero-order chi connectivity index (χ0) is 34.3. The Morgan fingerprint density at radius 1 is 1.51 bits per heavy atom. The summed E-state index contributed by atoms with van der Waals surface area (Å²) >= 11 is 6.80. The molecule has 35 heavy (non-hydrogen) atoms. The van der Waals surface area contributed by atoms with Crippen LogP contribution in [0.4, 0.5) is 10.2 Å². The highest BCUT2D eigenvalue weighted by molar-refractivity contribution is 7.22. The summed E-state index contributed by atoms with van der Waals surface area (Å²) in [5.74, 6) is -4.09. The molecule has 0 aliphatic carbocycles. The van der Waals surface area contributed by atoms with Crippen molar-refractivity contribution in [1.29, 1.82) is 5.26 Å². The van der Waals surface area contributed by atoms with Crippen LogP contribution in [0.5, 0.6) is 0 Å². The minimum Gasteiger partial charge on any atom is -0.478 e. The molecular weight excluding hydrogens is 499 g/mol. The van der Waals surface area contributed by atoms with Gasteiger partial charge in [0.1, 0.15) is 28.7 Å². The fourth-order valence-electron chi connectivity index (χ4n) is 2.42. The first-order valence-electron chi connectivity index (χ1n) is 14.3. The number of likely N-dealkylation sites (tertiary alicyclic amines) is 1. The van der Waals surface area contributed by atoms with E-state index in [0.29, 0.717) is 28.4 Å². The van der Waals surface area contributed by atoms with Crippen LogP contribution in [0.3, 0.4) is 0 Å². The number of thiazole rings is 1. The van der Waals surface area contributed by atoms with Gasteiger partial charge in [-0.25, -0.2) is 28.9 Å². The number of aliphatic carboxylic acids is 2. The van der Waals surface area contributed by atoms with Crippen molar-refractivity contribution in [3.63, 3.8) is 0 Å². The third-order valence-electron chi connectivity index (χ3n) is 3.85. The quantitative estimate of drug-likeness (QED) is 0.405. The second kappa shape index (κ2) is 12.2. The van der Waals surface area contributed by atoms with E-state index in [1.165, 1.54) is 6.07 Å². The van der Waals surface area contributed by atoms with Crippen LogP contribution < -0.4 is 5.31 Å². The Bertz CT molecular complexity index is 1730. The first-order valence-corrected chi connectivity index (χ1v) is 10.5. The molecule has 4 rings (SSSR count). The maximum Gasteiger partial charge on any atom is 0.328 e. The molecule has 3 N–H and O–H groups in total. The molecule has 0 saturated carbocycles. The summed E-state index contributed by atoms with van der Waals surface area (Å²) in [6, 6.07) is -2.41. The number of fused-ring (bicyclic) bond motifs is 1. The Morgan fingerprint density at radius 3 is 2.94 bits per heavy atom. The molecule has 1 unspecified atom stereocenters. The normalized spacial score (nSPS) is 25.4. The fourth-order valence-corrected chi connectivity index (χ4v) is 3.41. The SMILES string of the molecule is O=C(O)/C=C\C(=O)O.[2H]c1cc(C([2H])([2H])N2CCC([2H])(N([2H])c3ncnc4nc(Cl)sc34)C([2H])([2H])C2([2H])[2H])c([2H])c(C#N)c1F. The Kier molecular flexibility index (Phi) is 5.34. The number of benzene rings is 1. The van der Waals surface area contributed by atoms with Crippen molar-refractivity contribution < 1.29 is 37.9 Å². The summed E-state index contributed by atoms with van der Waals surface area (Å²) in [6.07, 6.45) is -1.74. The summed E-state index contributed by atoms with van der Waals surface area (Å²) in [7, 11) is 0. The van der Waals surface area contributed by atoms with Gasteiger partial charge < -0.3 is 15.5 Å². The van der Waals surface area contributed by atoms with Crippen LogP contribution in [0.1, 0.15) is 36.3 Å². The molecule has 1 fully saturated rings. The van der Waals surface area contributed by atoms with Crippen LogP contribution in [0.25, 0.3) is 10.3 Å². The summed E-state index contributed by atoms with van der Waals surface area (Å²) < 4.78 is 99.1. The molecule has 0 radical (unpaired) electrons. The average Bonchev–Trinajstić information content (AvgIpc) is 3.33. The number of aromatic nitrogens is 3. The third-order valence-corrected chi connectivity index (χ3v) is 5.00. The van der Waals surface area contributed by atoms with Crippen molar-refractivity contribution in [3.05, 3.63) is 58.0 Å². The molecule has 0 bridgehead atoms. The molecule has 3 aromatic rings. The van der Waals surface area contributed by atoms with Crippen LogP contribution in [-0.4, -0.2) is 61.1 Å². The van der Waals surface area contributed by atoms with E-state index >= 15 is 0 Å². The van der Waals surface area contributed by atoms with E-state index < -0.39 is 79.3 Å². The van der Waals surface area contributed by atoms with Crippen LogP contribution in [0.15, 0.2) is 36.6 Å². The molecule has 1 aliphatic heterocycles. The van der Waals surface area contributed by atoms with E-state index in [1.807, 2.05) is 0 Å². The summed E-state index contributed by atoms with van der Waals surface area (Å²) in [5, 5.41) is 25.2. The Morgan fingerprint density at radius 2 is 2.26 bits per heavy atom. The lowest BCUT2D eigenvalue weighted by Crippen LogP contribution is -2.38. The van der Waals surface area contributed by atoms with Gasteiger partial charge in [0, 0.05) is 45.9 Å². The van der Waals surface area contributed by atoms with E-state index in [4.69, 9.17) is 35.6 Å². The van der Waals surface area contributed by atoms with Gasteiger partial charge in [-0.3, -0.25) is 4.90 Å². The first kappa shape index (κ1) is 15.4. The third kappa shape index (κ3) is 7.68. The maximum atomic E-state index is 14.1. The number of nitriles is 1. The highest BCUT2D eigenvalue weighted by atomic mass is 35.5. The molecule has 2 aromatic heterocycles. The van der Waals surface area contributed by atoms with Crippen LogP contribution in [-0.2, 0) is 16.1 Å². The number of hydrogen-bond acceptors (Lipinski definition) is 9. The minimum atomic E-state index is -3.29. The molecule has 1 saturated heterocycles. The number of carboxylic acids is 2. The van der Waals surface area contributed by atoms with Gasteiger partial charge in [-0.2, -0.15) is 5.26 Å². The van der Waals surface area contributed by atoms with Crippen molar-refractivity contribution in [2.24, 2.45) is 0 Å². The number of anilines is 1. The molecule has 3 heterocycles. The highest BCUT2D eigenvalue weighted by Crippen LogP contribution is 2.30. The molecule has 0 amide bonds. The van der Waals surface area contributed by atoms with Gasteiger partial charge in [0.2, 0.25) is 0 Å². The predicted octanol–water partition coefficient (Wildman–Crippen LogP) is 3.54. The topological polar surface area (TPSA) is 152 Å². The minimum absolute atomic E-state index is 0.0570. The zero-order valence-corrected chi connectivity index (χ0v) is 18.9. The summed E-state index contributed by atoms with van der Waals surface area (Å²) in [5.41, 5.74) is -1.53.